The molecule has 0 heterocycles. The van der Waals surface area contributed by atoms with E-state index in [0.29, 0.717) is 18.1 Å². The Kier molecular flexibility index (Phi) is 1.31. The lowest BCUT2D eigenvalue weighted by Gasteiger charge is -2.16. The molecule has 0 aliphatic heterocycles. The Morgan fingerprint density at radius 1 is 1.40 bits per heavy atom. The topological polar surface area (TPSA) is 37.3 Å². The number of hydrogen-bond acceptors (Lipinski definition) is 2. The maximum Gasteiger partial charge on any atom is 0.138 e. The summed E-state index contributed by atoms with van der Waals surface area (Å²) >= 11 is 0. The Morgan fingerprint density at radius 2 is 2.20 bits per heavy atom. The second-order valence-corrected chi connectivity index (χ2v) is 3.52. The highest BCUT2D eigenvalue weighted by Crippen LogP contribution is 2.39. The minimum atomic E-state index is -0.306. The zero-order chi connectivity index (χ0) is 7.14. The number of carbonyl (C=O) groups excluding carboxylic acids is 1. The number of Topliss-reactive ketones (excluding diaryl/α,β-unsaturated/α-hetero) is 1. The third-order valence-corrected chi connectivity index (χ3v) is 2.84. The van der Waals surface area contributed by atoms with Gasteiger partial charge in [0.05, 0.1) is 6.10 Å². The van der Waals surface area contributed by atoms with Crippen molar-refractivity contribution in [2.24, 2.45) is 11.8 Å². The van der Waals surface area contributed by atoms with Crippen molar-refractivity contribution >= 4 is 5.78 Å². The number of hydrogen-bond donors (Lipinski definition) is 1. The van der Waals surface area contributed by atoms with Gasteiger partial charge in [-0.1, -0.05) is 0 Å². The zero-order valence-corrected chi connectivity index (χ0v) is 5.92. The van der Waals surface area contributed by atoms with Crippen molar-refractivity contribution in [3.05, 3.63) is 0 Å². The fourth-order valence-electron chi connectivity index (χ4n) is 2.23. The van der Waals surface area contributed by atoms with E-state index in [0.717, 1.165) is 19.3 Å². The maximum atomic E-state index is 11.1. The van der Waals surface area contributed by atoms with Crippen molar-refractivity contribution in [1.29, 1.82) is 0 Å². The van der Waals surface area contributed by atoms with Crippen molar-refractivity contribution < 1.29 is 9.90 Å². The lowest BCUT2D eigenvalue weighted by atomic mass is 9.88. The number of aliphatic hydroxyl groups excluding tert-OH is 1. The summed E-state index contributed by atoms with van der Waals surface area (Å²) in [4.78, 5) is 11.1. The smallest absolute Gasteiger partial charge is 0.138 e. The summed E-state index contributed by atoms with van der Waals surface area (Å²) in [7, 11) is 0. The van der Waals surface area contributed by atoms with Crippen molar-refractivity contribution in [3.8, 4) is 0 Å². The van der Waals surface area contributed by atoms with Gasteiger partial charge in [-0.3, -0.25) is 4.79 Å². The molecule has 2 bridgehead atoms. The summed E-state index contributed by atoms with van der Waals surface area (Å²) in [6, 6.07) is 0. The summed E-state index contributed by atoms with van der Waals surface area (Å²) in [5.41, 5.74) is 0. The summed E-state index contributed by atoms with van der Waals surface area (Å²) in [5.74, 6) is 0.956. The second kappa shape index (κ2) is 2.06. The fraction of sp³-hybridized carbons (Fsp3) is 0.875. The molecule has 0 unspecified atom stereocenters. The van der Waals surface area contributed by atoms with Gasteiger partial charge < -0.3 is 5.11 Å². The molecule has 56 valence electrons. The fourth-order valence-corrected chi connectivity index (χ4v) is 2.23. The van der Waals surface area contributed by atoms with Gasteiger partial charge >= 0.3 is 0 Å². The monoisotopic (exact) mass is 140 g/mol. The molecule has 0 radical (unpaired) electrons. The molecule has 2 aliphatic carbocycles. The molecular formula is C8H12O2. The highest BCUT2D eigenvalue weighted by molar-refractivity contribution is 5.82. The van der Waals surface area contributed by atoms with Crippen molar-refractivity contribution in [2.75, 3.05) is 0 Å². The first kappa shape index (κ1) is 6.35. The van der Waals surface area contributed by atoms with Crippen LogP contribution in [0.4, 0.5) is 0 Å². The SMILES string of the molecule is O=C1CC[C@H]2C[C@@H](O)[C@@H]1C2. The van der Waals surface area contributed by atoms with E-state index in [2.05, 4.69) is 0 Å². The van der Waals surface area contributed by atoms with Gasteiger partial charge in [0.25, 0.3) is 0 Å². The Hall–Kier alpha value is -0.370. The van der Waals surface area contributed by atoms with Crippen LogP contribution in [0, 0.1) is 11.8 Å². The molecule has 2 rings (SSSR count). The van der Waals surface area contributed by atoms with Crippen molar-refractivity contribution in [3.63, 3.8) is 0 Å². The quantitative estimate of drug-likeness (QED) is 0.538. The van der Waals surface area contributed by atoms with E-state index in [9.17, 15) is 9.90 Å². The Bertz CT molecular complexity index is 165. The molecule has 0 aromatic heterocycles. The highest BCUT2D eigenvalue weighted by Gasteiger charge is 2.40. The average molecular weight is 140 g/mol. The molecule has 0 aromatic rings. The van der Waals surface area contributed by atoms with Crippen LogP contribution in [-0.2, 0) is 4.79 Å². The van der Waals surface area contributed by atoms with Crippen LogP contribution in [-0.4, -0.2) is 17.0 Å². The lowest BCUT2D eigenvalue weighted by Crippen LogP contribution is -2.23. The van der Waals surface area contributed by atoms with Crippen LogP contribution >= 0.6 is 0 Å². The number of aliphatic hydroxyl groups is 1. The second-order valence-electron chi connectivity index (χ2n) is 3.52. The molecule has 2 fully saturated rings. The molecule has 0 amide bonds. The molecule has 3 atom stereocenters. The lowest BCUT2D eigenvalue weighted by molar-refractivity contribution is -0.126. The highest BCUT2D eigenvalue weighted by atomic mass is 16.3. The van der Waals surface area contributed by atoms with Crippen LogP contribution in [0.25, 0.3) is 0 Å². The number of ketones is 1. The summed E-state index contributed by atoms with van der Waals surface area (Å²) < 4.78 is 0. The van der Waals surface area contributed by atoms with Crippen LogP contribution < -0.4 is 0 Å². The van der Waals surface area contributed by atoms with E-state index in [1.54, 1.807) is 0 Å². The van der Waals surface area contributed by atoms with E-state index in [1.807, 2.05) is 0 Å². The minimum Gasteiger partial charge on any atom is -0.392 e. The molecule has 0 spiro atoms. The predicted molar refractivity (Wildman–Crippen MR) is 36.5 cm³/mol. The van der Waals surface area contributed by atoms with Gasteiger partial charge in [0.2, 0.25) is 0 Å². The third-order valence-electron chi connectivity index (χ3n) is 2.84. The van der Waals surface area contributed by atoms with Gasteiger partial charge in [0.15, 0.2) is 0 Å². The van der Waals surface area contributed by atoms with Crippen molar-refractivity contribution in [2.45, 2.75) is 31.8 Å². The molecule has 10 heavy (non-hydrogen) atoms. The average Bonchev–Trinajstić information content (AvgIpc) is 2.21. The van der Waals surface area contributed by atoms with Crippen LogP contribution in [0.2, 0.25) is 0 Å². The molecule has 2 saturated carbocycles. The molecular weight excluding hydrogens is 128 g/mol. The zero-order valence-electron chi connectivity index (χ0n) is 5.92. The molecule has 2 heteroatoms. The normalized spacial score (nSPS) is 46.1. The largest absolute Gasteiger partial charge is 0.392 e. The Morgan fingerprint density at radius 3 is 2.90 bits per heavy atom. The number of rotatable bonds is 0. The van der Waals surface area contributed by atoms with Crippen LogP contribution in [0.15, 0.2) is 0 Å². The van der Waals surface area contributed by atoms with E-state index in [-0.39, 0.29) is 12.0 Å². The molecule has 2 nitrogen and oxygen atoms in total. The van der Waals surface area contributed by atoms with Gasteiger partial charge in [-0.25, -0.2) is 0 Å². The summed E-state index contributed by atoms with van der Waals surface area (Å²) in [6.07, 6.45) is 3.26. The van der Waals surface area contributed by atoms with E-state index in [1.165, 1.54) is 0 Å². The molecule has 0 saturated heterocycles. The minimum absolute atomic E-state index is 0.0127. The molecule has 0 aromatic carbocycles. The Labute approximate surface area is 60.2 Å². The van der Waals surface area contributed by atoms with Crippen molar-refractivity contribution in [1.82, 2.24) is 0 Å². The predicted octanol–water partition coefficient (Wildman–Crippen LogP) is 0.736. The van der Waals surface area contributed by atoms with Gasteiger partial charge in [-0.05, 0) is 25.2 Å². The Balaban J connectivity index is 2.17. The van der Waals surface area contributed by atoms with Gasteiger partial charge in [0.1, 0.15) is 5.78 Å². The third kappa shape index (κ3) is 0.788. The number of carbonyl (C=O) groups is 1. The molecule has 1 N–H and O–H groups in total. The van der Waals surface area contributed by atoms with Crippen LogP contribution in [0.5, 0.6) is 0 Å². The number of fused-ring (bicyclic) bond motifs is 2. The van der Waals surface area contributed by atoms with Crippen LogP contribution in [0.3, 0.4) is 0 Å². The summed E-state index contributed by atoms with van der Waals surface area (Å²) in [6.45, 7) is 0. The van der Waals surface area contributed by atoms with E-state index in [4.69, 9.17) is 0 Å². The van der Waals surface area contributed by atoms with Gasteiger partial charge in [-0.2, -0.15) is 0 Å². The molecule has 2 aliphatic rings. The van der Waals surface area contributed by atoms with E-state index < -0.39 is 0 Å². The maximum absolute atomic E-state index is 11.1. The standard InChI is InChI=1S/C8H12O2/c9-7-2-1-5-3-6(7)8(10)4-5/h5-6,8,10H,1-4H2/t5-,6-,8-/m1/s1. The van der Waals surface area contributed by atoms with E-state index >= 15 is 0 Å². The van der Waals surface area contributed by atoms with Gasteiger partial charge in [0, 0.05) is 12.3 Å². The first-order valence-electron chi connectivity index (χ1n) is 3.98. The first-order valence-corrected chi connectivity index (χ1v) is 3.98. The van der Waals surface area contributed by atoms with Gasteiger partial charge in [-0.15, -0.1) is 0 Å². The van der Waals surface area contributed by atoms with Crippen LogP contribution in [0.1, 0.15) is 25.7 Å². The summed E-state index contributed by atoms with van der Waals surface area (Å²) in [5, 5.41) is 9.35. The first-order chi connectivity index (χ1) is 4.77.